The number of sulfonamides is 1. The highest BCUT2D eigenvalue weighted by Gasteiger charge is 2.32. The molecule has 0 N–H and O–H groups in total. The molecule has 0 spiro atoms. The van der Waals surface area contributed by atoms with Gasteiger partial charge in [-0.15, -0.1) is 0 Å². The first-order valence-corrected chi connectivity index (χ1v) is 12.3. The zero-order chi connectivity index (χ0) is 24.2. The molecule has 9 heteroatoms. The van der Waals surface area contributed by atoms with Crippen LogP contribution in [0.2, 0.25) is 0 Å². The normalized spacial score (nSPS) is 20.1. The van der Waals surface area contributed by atoms with Crippen molar-refractivity contribution in [3.63, 3.8) is 0 Å². The largest absolute Gasteiger partial charge is 0.494 e. The second kappa shape index (κ2) is 10.5. The molecular formula is C24H29NO7S. The van der Waals surface area contributed by atoms with Gasteiger partial charge in [-0.2, -0.15) is 4.31 Å². The SMILES string of the molecule is CCOc1ccc(C(=O)C(C)OC(=O)c2cccc(S(=O)(=O)N3CC(C)OC(C)C3)c2)cc1. The zero-order valence-corrected chi connectivity index (χ0v) is 20.0. The van der Waals surface area contributed by atoms with Crippen LogP contribution in [0, 0.1) is 0 Å². The summed E-state index contributed by atoms with van der Waals surface area (Å²) in [7, 11) is -3.81. The Kier molecular flexibility index (Phi) is 7.88. The second-order valence-corrected chi connectivity index (χ2v) is 9.91. The van der Waals surface area contributed by atoms with Crippen LogP contribution < -0.4 is 4.74 Å². The van der Waals surface area contributed by atoms with Crippen molar-refractivity contribution in [2.45, 2.75) is 50.9 Å². The van der Waals surface area contributed by atoms with Gasteiger partial charge < -0.3 is 14.2 Å². The van der Waals surface area contributed by atoms with Gasteiger partial charge in [-0.05, 0) is 70.2 Å². The lowest BCUT2D eigenvalue weighted by Crippen LogP contribution is -2.48. The van der Waals surface area contributed by atoms with Crippen molar-refractivity contribution in [1.82, 2.24) is 4.31 Å². The van der Waals surface area contributed by atoms with Crippen LogP contribution >= 0.6 is 0 Å². The molecule has 1 aliphatic rings. The van der Waals surface area contributed by atoms with Crippen LogP contribution in [0.3, 0.4) is 0 Å². The number of hydrogen-bond acceptors (Lipinski definition) is 7. The van der Waals surface area contributed by atoms with Gasteiger partial charge in [0.2, 0.25) is 15.8 Å². The van der Waals surface area contributed by atoms with Crippen LogP contribution in [0.4, 0.5) is 0 Å². The van der Waals surface area contributed by atoms with Crippen LogP contribution in [-0.4, -0.2) is 62.5 Å². The van der Waals surface area contributed by atoms with E-state index in [2.05, 4.69) is 0 Å². The summed E-state index contributed by atoms with van der Waals surface area (Å²) in [6.45, 7) is 7.95. The van der Waals surface area contributed by atoms with E-state index in [1.54, 1.807) is 24.3 Å². The first-order valence-electron chi connectivity index (χ1n) is 10.9. The Bertz CT molecular complexity index is 1090. The summed E-state index contributed by atoms with van der Waals surface area (Å²) < 4.78 is 43.9. The van der Waals surface area contributed by atoms with Crippen LogP contribution in [0.25, 0.3) is 0 Å². The number of carbonyl (C=O) groups is 2. The van der Waals surface area contributed by atoms with Crippen molar-refractivity contribution in [1.29, 1.82) is 0 Å². The molecule has 0 amide bonds. The summed E-state index contributed by atoms with van der Waals surface area (Å²) in [6.07, 6.45) is -1.51. The standard InChI is InChI=1S/C24H29NO7S/c1-5-30-21-11-9-19(10-12-21)23(26)18(4)32-24(27)20-7-6-8-22(13-20)33(28,29)25-14-16(2)31-17(3)15-25/h6-13,16-18H,5,14-15H2,1-4H3. The highest BCUT2D eigenvalue weighted by Crippen LogP contribution is 2.22. The van der Waals surface area contributed by atoms with Crippen LogP contribution in [-0.2, 0) is 19.5 Å². The summed E-state index contributed by atoms with van der Waals surface area (Å²) in [5.41, 5.74) is 0.433. The van der Waals surface area contributed by atoms with E-state index in [4.69, 9.17) is 14.2 Å². The van der Waals surface area contributed by atoms with Gasteiger partial charge in [0, 0.05) is 18.7 Å². The summed E-state index contributed by atoms with van der Waals surface area (Å²) in [5, 5.41) is 0. The first-order chi connectivity index (χ1) is 15.6. The van der Waals surface area contributed by atoms with Crippen molar-refractivity contribution >= 4 is 21.8 Å². The van der Waals surface area contributed by atoms with E-state index in [0.717, 1.165) is 0 Å². The van der Waals surface area contributed by atoms with E-state index in [1.807, 2.05) is 20.8 Å². The van der Waals surface area contributed by atoms with Gasteiger partial charge in [0.1, 0.15) is 5.75 Å². The minimum absolute atomic E-state index is 0.0104. The molecule has 1 fully saturated rings. The highest BCUT2D eigenvalue weighted by atomic mass is 32.2. The third-order valence-corrected chi connectivity index (χ3v) is 7.02. The predicted octanol–water partition coefficient (Wildman–Crippen LogP) is 3.31. The maximum absolute atomic E-state index is 13.1. The first kappa shape index (κ1) is 24.9. The van der Waals surface area contributed by atoms with E-state index in [-0.39, 0.29) is 41.5 Å². The number of carbonyl (C=O) groups excluding carboxylic acids is 2. The van der Waals surface area contributed by atoms with Crippen molar-refractivity contribution in [2.75, 3.05) is 19.7 Å². The van der Waals surface area contributed by atoms with Crippen LogP contribution in [0.5, 0.6) is 5.75 Å². The van der Waals surface area contributed by atoms with Gasteiger partial charge in [-0.3, -0.25) is 4.79 Å². The molecule has 178 valence electrons. The number of hydrogen-bond donors (Lipinski definition) is 0. The molecule has 3 atom stereocenters. The Hall–Kier alpha value is -2.75. The molecule has 0 aliphatic carbocycles. The third-order valence-electron chi connectivity index (χ3n) is 5.20. The van der Waals surface area contributed by atoms with E-state index in [9.17, 15) is 18.0 Å². The zero-order valence-electron chi connectivity index (χ0n) is 19.2. The van der Waals surface area contributed by atoms with Gasteiger partial charge in [-0.1, -0.05) is 6.07 Å². The molecular weight excluding hydrogens is 446 g/mol. The molecule has 0 aromatic heterocycles. The topological polar surface area (TPSA) is 99.2 Å². The van der Waals surface area contributed by atoms with Crippen molar-refractivity contribution < 1.29 is 32.2 Å². The lowest BCUT2D eigenvalue weighted by Gasteiger charge is -2.34. The van der Waals surface area contributed by atoms with Crippen LogP contribution in [0.1, 0.15) is 48.4 Å². The molecule has 3 rings (SSSR count). The number of ether oxygens (including phenoxy) is 3. The molecule has 0 saturated carbocycles. The van der Waals surface area contributed by atoms with Gasteiger partial charge in [0.25, 0.3) is 0 Å². The Balaban J connectivity index is 1.71. The Morgan fingerprint density at radius 2 is 1.70 bits per heavy atom. The minimum atomic E-state index is -3.81. The fourth-order valence-electron chi connectivity index (χ4n) is 3.66. The number of Topliss-reactive ketones (excluding diaryl/α,β-unsaturated/α-hetero) is 1. The molecule has 1 saturated heterocycles. The number of morpholine rings is 1. The molecule has 1 aliphatic heterocycles. The Labute approximate surface area is 194 Å². The molecule has 0 bridgehead atoms. The number of rotatable bonds is 8. The minimum Gasteiger partial charge on any atom is -0.494 e. The monoisotopic (exact) mass is 475 g/mol. The van der Waals surface area contributed by atoms with E-state index >= 15 is 0 Å². The van der Waals surface area contributed by atoms with Gasteiger partial charge in [0.05, 0.1) is 29.3 Å². The second-order valence-electron chi connectivity index (χ2n) is 7.98. The van der Waals surface area contributed by atoms with E-state index < -0.39 is 22.1 Å². The van der Waals surface area contributed by atoms with Gasteiger partial charge in [0.15, 0.2) is 6.10 Å². The summed E-state index contributed by atoms with van der Waals surface area (Å²) in [5.74, 6) is -0.505. The van der Waals surface area contributed by atoms with Gasteiger partial charge in [-0.25, -0.2) is 13.2 Å². The summed E-state index contributed by atoms with van der Waals surface area (Å²) in [4.78, 5) is 25.3. The Morgan fingerprint density at radius 1 is 1.06 bits per heavy atom. The lowest BCUT2D eigenvalue weighted by atomic mass is 10.1. The highest BCUT2D eigenvalue weighted by molar-refractivity contribution is 7.89. The molecule has 8 nitrogen and oxygen atoms in total. The predicted molar refractivity (Wildman–Crippen MR) is 122 cm³/mol. The van der Waals surface area contributed by atoms with Crippen molar-refractivity contribution in [3.05, 3.63) is 59.7 Å². The maximum Gasteiger partial charge on any atom is 0.338 e. The quantitative estimate of drug-likeness (QED) is 0.427. The van der Waals surface area contributed by atoms with Crippen molar-refractivity contribution in [3.8, 4) is 5.75 Å². The molecule has 3 unspecified atom stereocenters. The average molecular weight is 476 g/mol. The molecule has 1 heterocycles. The maximum atomic E-state index is 13.1. The average Bonchev–Trinajstić information content (AvgIpc) is 2.78. The lowest BCUT2D eigenvalue weighted by molar-refractivity contribution is -0.0440. The smallest absolute Gasteiger partial charge is 0.338 e. The van der Waals surface area contributed by atoms with E-state index in [0.29, 0.717) is 17.9 Å². The number of nitrogens with zero attached hydrogens (tertiary/aromatic N) is 1. The molecule has 2 aromatic rings. The summed E-state index contributed by atoms with van der Waals surface area (Å²) >= 11 is 0. The Morgan fingerprint density at radius 3 is 2.30 bits per heavy atom. The molecule has 2 aromatic carbocycles. The fourth-order valence-corrected chi connectivity index (χ4v) is 5.30. The fraction of sp³-hybridized carbons (Fsp3) is 0.417. The van der Waals surface area contributed by atoms with E-state index in [1.165, 1.54) is 35.5 Å². The number of esters is 1. The van der Waals surface area contributed by atoms with Crippen molar-refractivity contribution in [2.24, 2.45) is 0 Å². The van der Waals surface area contributed by atoms with Gasteiger partial charge >= 0.3 is 5.97 Å². The summed E-state index contributed by atoms with van der Waals surface area (Å²) in [6, 6.07) is 12.2. The number of ketones is 1. The molecule has 0 radical (unpaired) electrons. The number of benzene rings is 2. The van der Waals surface area contributed by atoms with Crippen LogP contribution in [0.15, 0.2) is 53.4 Å². The third kappa shape index (κ3) is 5.98. The molecule has 33 heavy (non-hydrogen) atoms.